The van der Waals surface area contributed by atoms with E-state index in [4.69, 9.17) is 10.6 Å². The van der Waals surface area contributed by atoms with Crippen molar-refractivity contribution >= 4 is 17.7 Å². The molecule has 7 nitrogen and oxygen atoms in total. The third kappa shape index (κ3) is 3.08. The maximum atomic E-state index is 11.6. The molecule has 0 bridgehead atoms. The van der Waals surface area contributed by atoms with Crippen LogP contribution in [0.2, 0.25) is 0 Å². The van der Waals surface area contributed by atoms with Crippen molar-refractivity contribution in [2.24, 2.45) is 0 Å². The lowest BCUT2D eigenvalue weighted by Crippen LogP contribution is -2.19. The van der Waals surface area contributed by atoms with Gasteiger partial charge in [-0.25, -0.2) is 4.68 Å². The minimum Gasteiger partial charge on any atom is -0.465 e. The molecule has 0 saturated heterocycles. The topological polar surface area (TPSA) is 95.9 Å². The van der Waals surface area contributed by atoms with Crippen molar-refractivity contribution in [2.75, 3.05) is 12.4 Å². The fourth-order valence-electron chi connectivity index (χ4n) is 1.52. The zero-order valence-corrected chi connectivity index (χ0v) is 12.0. The number of esters is 1. The van der Waals surface area contributed by atoms with E-state index in [1.54, 1.807) is 38.4 Å². The van der Waals surface area contributed by atoms with E-state index >= 15 is 0 Å². The summed E-state index contributed by atoms with van der Waals surface area (Å²) < 4.78 is 6.30. The fraction of sp³-hybridized carbons (Fsp3) is 0.333. The lowest BCUT2D eigenvalue weighted by Gasteiger charge is -2.09. The van der Waals surface area contributed by atoms with Gasteiger partial charge in [0.2, 0.25) is 5.16 Å². The first-order chi connectivity index (χ1) is 9.63. The second-order valence-corrected chi connectivity index (χ2v) is 5.23. The van der Waals surface area contributed by atoms with Crippen LogP contribution in [0.4, 0.5) is 0 Å². The predicted octanol–water partition coefficient (Wildman–Crippen LogP) is 1.10. The maximum Gasteiger partial charge on any atom is 0.319 e. The number of nitrogen functional groups attached to an aromatic ring is 1. The number of thioether (sulfide) groups is 1. The number of ether oxygens (including phenoxy) is 1. The second kappa shape index (κ2) is 6.38. The molecule has 106 valence electrons. The first-order valence-corrected chi connectivity index (χ1v) is 6.95. The molecule has 0 radical (unpaired) electrons. The summed E-state index contributed by atoms with van der Waals surface area (Å²) in [7, 11) is 0. The number of carbonyl (C=O) groups is 1. The van der Waals surface area contributed by atoms with Crippen LogP contribution in [0.1, 0.15) is 13.8 Å². The van der Waals surface area contributed by atoms with Crippen molar-refractivity contribution < 1.29 is 9.53 Å². The van der Waals surface area contributed by atoms with Gasteiger partial charge in [-0.3, -0.25) is 9.78 Å². The minimum absolute atomic E-state index is 0.300. The monoisotopic (exact) mass is 293 g/mol. The van der Waals surface area contributed by atoms with Gasteiger partial charge < -0.3 is 10.6 Å². The van der Waals surface area contributed by atoms with E-state index in [1.807, 2.05) is 0 Å². The molecule has 2 N–H and O–H groups in total. The summed E-state index contributed by atoms with van der Waals surface area (Å²) in [5, 5.41) is 8.09. The highest BCUT2D eigenvalue weighted by atomic mass is 32.2. The lowest BCUT2D eigenvalue weighted by molar-refractivity contribution is -0.142. The number of pyridine rings is 1. The number of rotatable bonds is 5. The van der Waals surface area contributed by atoms with Gasteiger partial charge >= 0.3 is 5.97 Å². The summed E-state index contributed by atoms with van der Waals surface area (Å²) in [5.41, 5.74) is 0.811. The lowest BCUT2D eigenvalue weighted by atomic mass is 10.2. The van der Waals surface area contributed by atoms with E-state index in [1.165, 1.54) is 16.4 Å². The summed E-state index contributed by atoms with van der Waals surface area (Å²) in [6.07, 6.45) is 3.30. The van der Waals surface area contributed by atoms with Crippen molar-refractivity contribution in [3.05, 3.63) is 24.5 Å². The molecular weight excluding hydrogens is 278 g/mol. The highest BCUT2D eigenvalue weighted by molar-refractivity contribution is 8.00. The molecule has 0 aliphatic carbocycles. The van der Waals surface area contributed by atoms with E-state index < -0.39 is 5.25 Å². The van der Waals surface area contributed by atoms with Gasteiger partial charge in [0.1, 0.15) is 5.25 Å². The molecule has 1 unspecified atom stereocenters. The SMILES string of the molecule is CCOC(=O)C(C)Sc1nnc(-c2ccncc2)n1N. The summed E-state index contributed by atoms with van der Waals surface area (Å²) in [4.78, 5) is 15.5. The summed E-state index contributed by atoms with van der Waals surface area (Å²) >= 11 is 1.21. The van der Waals surface area contributed by atoms with Crippen LogP contribution in [0, 0.1) is 0 Å². The molecule has 0 aliphatic rings. The van der Waals surface area contributed by atoms with Gasteiger partial charge in [-0.05, 0) is 26.0 Å². The van der Waals surface area contributed by atoms with Crippen LogP contribution in [0.5, 0.6) is 0 Å². The average Bonchev–Trinajstić information content (AvgIpc) is 2.81. The second-order valence-electron chi connectivity index (χ2n) is 3.92. The van der Waals surface area contributed by atoms with Crippen LogP contribution in [-0.4, -0.2) is 37.7 Å². The Labute approximate surface area is 120 Å². The molecule has 2 aromatic heterocycles. The summed E-state index contributed by atoms with van der Waals surface area (Å²) in [5.74, 6) is 6.18. The van der Waals surface area contributed by atoms with Crippen molar-refractivity contribution in [1.82, 2.24) is 19.9 Å². The van der Waals surface area contributed by atoms with Gasteiger partial charge in [-0.1, -0.05) is 11.8 Å². The largest absolute Gasteiger partial charge is 0.465 e. The van der Waals surface area contributed by atoms with E-state index in [0.717, 1.165) is 5.56 Å². The standard InChI is InChI=1S/C12H15N5O2S/c1-3-19-11(18)8(2)20-12-16-15-10(17(12)13)9-4-6-14-7-5-9/h4-8H,3,13H2,1-2H3. The van der Waals surface area contributed by atoms with Crippen molar-refractivity contribution in [1.29, 1.82) is 0 Å². The number of carbonyl (C=O) groups excluding carboxylic acids is 1. The first-order valence-electron chi connectivity index (χ1n) is 6.07. The summed E-state index contributed by atoms with van der Waals surface area (Å²) in [6, 6.07) is 3.58. The van der Waals surface area contributed by atoms with Crippen LogP contribution in [-0.2, 0) is 9.53 Å². The molecular formula is C12H15N5O2S. The molecule has 20 heavy (non-hydrogen) atoms. The Balaban J connectivity index is 2.16. The number of nitrogens with zero attached hydrogens (tertiary/aromatic N) is 4. The van der Waals surface area contributed by atoms with Crippen LogP contribution < -0.4 is 5.84 Å². The first kappa shape index (κ1) is 14.3. The van der Waals surface area contributed by atoms with Crippen LogP contribution >= 0.6 is 11.8 Å². The van der Waals surface area contributed by atoms with E-state index in [-0.39, 0.29) is 5.97 Å². The van der Waals surface area contributed by atoms with E-state index in [0.29, 0.717) is 17.6 Å². The Bertz CT molecular complexity index is 587. The Morgan fingerprint density at radius 1 is 1.45 bits per heavy atom. The third-order valence-electron chi connectivity index (χ3n) is 2.50. The van der Waals surface area contributed by atoms with Gasteiger partial charge in [-0.2, -0.15) is 0 Å². The van der Waals surface area contributed by atoms with E-state index in [2.05, 4.69) is 15.2 Å². The number of aromatic nitrogens is 4. The van der Waals surface area contributed by atoms with Gasteiger partial charge in [0, 0.05) is 18.0 Å². The number of hydrogen-bond donors (Lipinski definition) is 1. The predicted molar refractivity (Wildman–Crippen MR) is 75.4 cm³/mol. The normalized spacial score (nSPS) is 12.1. The highest BCUT2D eigenvalue weighted by Crippen LogP contribution is 2.24. The smallest absolute Gasteiger partial charge is 0.319 e. The summed E-state index contributed by atoms with van der Waals surface area (Å²) in [6.45, 7) is 3.85. The molecule has 0 spiro atoms. The fourth-order valence-corrected chi connectivity index (χ4v) is 2.29. The van der Waals surface area contributed by atoms with Gasteiger partial charge in [-0.15, -0.1) is 10.2 Å². The van der Waals surface area contributed by atoms with Crippen molar-refractivity contribution in [3.63, 3.8) is 0 Å². The minimum atomic E-state index is -0.397. The van der Waals surface area contributed by atoms with Crippen molar-refractivity contribution in [2.45, 2.75) is 24.3 Å². The zero-order valence-electron chi connectivity index (χ0n) is 11.2. The highest BCUT2D eigenvalue weighted by Gasteiger charge is 2.20. The zero-order chi connectivity index (χ0) is 14.5. The van der Waals surface area contributed by atoms with Gasteiger partial charge in [0.25, 0.3) is 0 Å². The van der Waals surface area contributed by atoms with Gasteiger partial charge in [0.15, 0.2) is 5.82 Å². The van der Waals surface area contributed by atoms with Gasteiger partial charge in [0.05, 0.1) is 6.61 Å². The molecule has 2 heterocycles. The van der Waals surface area contributed by atoms with Crippen LogP contribution in [0.15, 0.2) is 29.7 Å². The average molecular weight is 293 g/mol. The Hall–Kier alpha value is -2.09. The van der Waals surface area contributed by atoms with E-state index in [9.17, 15) is 4.79 Å². The molecule has 2 aromatic rings. The Morgan fingerprint density at radius 3 is 2.80 bits per heavy atom. The molecule has 0 aliphatic heterocycles. The number of hydrogen-bond acceptors (Lipinski definition) is 7. The van der Waals surface area contributed by atoms with Crippen LogP contribution in [0.3, 0.4) is 0 Å². The Morgan fingerprint density at radius 2 is 2.15 bits per heavy atom. The number of nitrogens with two attached hydrogens (primary N) is 1. The Kier molecular flexibility index (Phi) is 4.57. The molecule has 8 heteroatoms. The maximum absolute atomic E-state index is 11.6. The molecule has 0 saturated carbocycles. The molecule has 2 rings (SSSR count). The molecule has 0 aromatic carbocycles. The van der Waals surface area contributed by atoms with Crippen molar-refractivity contribution in [3.8, 4) is 11.4 Å². The third-order valence-corrected chi connectivity index (χ3v) is 3.54. The molecule has 1 atom stereocenters. The molecule has 0 amide bonds. The quantitative estimate of drug-likeness (QED) is 0.501. The molecule has 0 fully saturated rings. The van der Waals surface area contributed by atoms with Crippen LogP contribution in [0.25, 0.3) is 11.4 Å².